The molecule has 0 atom stereocenters. The van der Waals surface area contributed by atoms with E-state index in [-0.39, 0.29) is 5.69 Å². The molecule has 1 aromatic heterocycles. The molecule has 0 aliphatic rings. The standard InChI is InChI=1S/C10H8BrN3O3/c1-17-9-4-6(2-3-7(9)11)14-5-8(10(15)16)12-13-14/h2-5H,1H3,(H,15,16). The normalized spacial score (nSPS) is 10.2. The highest BCUT2D eigenvalue weighted by atomic mass is 79.9. The zero-order valence-electron chi connectivity index (χ0n) is 8.79. The second-order valence-corrected chi connectivity index (χ2v) is 4.03. The Labute approximate surface area is 105 Å². The topological polar surface area (TPSA) is 77.2 Å². The molecular formula is C10H8BrN3O3. The fourth-order valence-corrected chi connectivity index (χ4v) is 1.69. The highest BCUT2D eigenvalue weighted by Gasteiger charge is 2.10. The van der Waals surface area contributed by atoms with E-state index >= 15 is 0 Å². The van der Waals surface area contributed by atoms with Crippen molar-refractivity contribution in [3.63, 3.8) is 0 Å². The molecular weight excluding hydrogens is 290 g/mol. The first-order valence-electron chi connectivity index (χ1n) is 4.61. The Morgan fingerprint density at radius 1 is 1.53 bits per heavy atom. The van der Waals surface area contributed by atoms with Crippen molar-refractivity contribution in [1.29, 1.82) is 0 Å². The summed E-state index contributed by atoms with van der Waals surface area (Å²) in [4.78, 5) is 10.7. The minimum Gasteiger partial charge on any atom is -0.495 e. The van der Waals surface area contributed by atoms with Gasteiger partial charge in [-0.15, -0.1) is 5.10 Å². The molecule has 2 aromatic rings. The molecule has 0 amide bonds. The van der Waals surface area contributed by atoms with E-state index in [2.05, 4.69) is 26.2 Å². The zero-order valence-corrected chi connectivity index (χ0v) is 10.4. The summed E-state index contributed by atoms with van der Waals surface area (Å²) < 4.78 is 7.32. The van der Waals surface area contributed by atoms with Crippen LogP contribution >= 0.6 is 15.9 Å². The maximum absolute atomic E-state index is 10.7. The third-order valence-corrected chi connectivity index (χ3v) is 2.77. The molecule has 1 N–H and O–H groups in total. The highest BCUT2D eigenvalue weighted by molar-refractivity contribution is 9.10. The summed E-state index contributed by atoms with van der Waals surface area (Å²) in [7, 11) is 1.55. The summed E-state index contributed by atoms with van der Waals surface area (Å²) in [5.41, 5.74) is 0.567. The van der Waals surface area contributed by atoms with Gasteiger partial charge in [0.05, 0.1) is 23.5 Å². The molecule has 17 heavy (non-hydrogen) atoms. The van der Waals surface area contributed by atoms with E-state index in [0.29, 0.717) is 11.4 Å². The molecule has 1 aromatic carbocycles. The van der Waals surface area contributed by atoms with Gasteiger partial charge in [-0.25, -0.2) is 9.48 Å². The van der Waals surface area contributed by atoms with Gasteiger partial charge in [-0.1, -0.05) is 5.21 Å². The van der Waals surface area contributed by atoms with Crippen molar-refractivity contribution in [3.05, 3.63) is 34.6 Å². The van der Waals surface area contributed by atoms with Gasteiger partial charge in [-0.3, -0.25) is 0 Å². The summed E-state index contributed by atoms with van der Waals surface area (Å²) >= 11 is 3.33. The molecule has 6 nitrogen and oxygen atoms in total. The lowest BCUT2D eigenvalue weighted by Gasteiger charge is -2.05. The first-order valence-corrected chi connectivity index (χ1v) is 5.40. The maximum atomic E-state index is 10.7. The van der Waals surface area contributed by atoms with Gasteiger partial charge in [0, 0.05) is 6.07 Å². The predicted molar refractivity (Wildman–Crippen MR) is 62.6 cm³/mol. The van der Waals surface area contributed by atoms with E-state index in [9.17, 15) is 4.79 Å². The average molecular weight is 298 g/mol. The highest BCUT2D eigenvalue weighted by Crippen LogP contribution is 2.26. The molecule has 0 spiro atoms. The Bertz CT molecular complexity index is 568. The number of rotatable bonds is 3. The lowest BCUT2D eigenvalue weighted by molar-refractivity contribution is 0.0690. The Morgan fingerprint density at radius 2 is 2.29 bits per heavy atom. The monoisotopic (exact) mass is 297 g/mol. The van der Waals surface area contributed by atoms with Crippen molar-refractivity contribution < 1.29 is 14.6 Å². The third-order valence-electron chi connectivity index (χ3n) is 2.11. The number of nitrogens with zero attached hydrogens (tertiary/aromatic N) is 3. The second kappa shape index (κ2) is 4.54. The van der Waals surface area contributed by atoms with Gasteiger partial charge in [0.2, 0.25) is 0 Å². The van der Waals surface area contributed by atoms with Crippen molar-refractivity contribution >= 4 is 21.9 Å². The molecule has 0 aliphatic carbocycles. The van der Waals surface area contributed by atoms with Crippen LogP contribution in [-0.2, 0) is 0 Å². The fourth-order valence-electron chi connectivity index (χ4n) is 1.28. The number of benzene rings is 1. The number of methoxy groups -OCH3 is 1. The number of halogens is 1. The van der Waals surface area contributed by atoms with Gasteiger partial charge in [-0.2, -0.15) is 0 Å². The Hall–Kier alpha value is -1.89. The minimum atomic E-state index is -1.11. The molecule has 1 heterocycles. The predicted octanol–water partition coefficient (Wildman–Crippen LogP) is 1.74. The molecule has 0 unspecified atom stereocenters. The Morgan fingerprint density at radius 3 is 2.88 bits per heavy atom. The van der Waals surface area contributed by atoms with Crippen molar-refractivity contribution in [2.45, 2.75) is 0 Å². The Kier molecular flexibility index (Phi) is 3.10. The summed E-state index contributed by atoms with van der Waals surface area (Å²) in [5, 5.41) is 16.0. The number of hydrogen-bond donors (Lipinski definition) is 1. The first kappa shape index (κ1) is 11.6. The zero-order chi connectivity index (χ0) is 12.4. The lowest BCUT2D eigenvalue weighted by atomic mass is 10.3. The van der Waals surface area contributed by atoms with E-state index in [1.807, 2.05) is 0 Å². The van der Waals surface area contributed by atoms with Crippen LogP contribution in [0.15, 0.2) is 28.9 Å². The van der Waals surface area contributed by atoms with Crippen LogP contribution in [0.1, 0.15) is 10.5 Å². The Balaban J connectivity index is 2.42. The summed E-state index contributed by atoms with van der Waals surface area (Å²) in [6, 6.07) is 5.29. The van der Waals surface area contributed by atoms with Crippen LogP contribution in [0.2, 0.25) is 0 Å². The SMILES string of the molecule is COc1cc(-n2cc(C(=O)O)nn2)ccc1Br. The van der Waals surface area contributed by atoms with Crippen LogP contribution in [0.4, 0.5) is 0 Å². The number of aromatic nitrogens is 3. The van der Waals surface area contributed by atoms with Crippen molar-refractivity contribution in [2.75, 3.05) is 7.11 Å². The fraction of sp³-hybridized carbons (Fsp3) is 0.100. The first-order chi connectivity index (χ1) is 8.11. The van der Waals surface area contributed by atoms with E-state index in [0.717, 1.165) is 4.47 Å². The summed E-state index contributed by atoms with van der Waals surface area (Å²) in [5.74, 6) is -0.477. The van der Waals surface area contributed by atoms with E-state index in [1.54, 1.807) is 25.3 Å². The summed E-state index contributed by atoms with van der Waals surface area (Å²) in [6.45, 7) is 0. The summed E-state index contributed by atoms with van der Waals surface area (Å²) in [6.07, 6.45) is 1.34. The smallest absolute Gasteiger partial charge is 0.358 e. The minimum absolute atomic E-state index is 0.105. The van der Waals surface area contributed by atoms with Crippen molar-refractivity contribution in [1.82, 2.24) is 15.0 Å². The van der Waals surface area contributed by atoms with Crippen molar-refractivity contribution in [3.8, 4) is 11.4 Å². The van der Waals surface area contributed by atoms with Gasteiger partial charge in [0.1, 0.15) is 5.75 Å². The van der Waals surface area contributed by atoms with Gasteiger partial charge in [0.25, 0.3) is 0 Å². The number of carboxylic acids is 1. The number of carboxylic acid groups (broad SMARTS) is 1. The number of hydrogen-bond acceptors (Lipinski definition) is 4. The largest absolute Gasteiger partial charge is 0.495 e. The van der Waals surface area contributed by atoms with Crippen LogP contribution in [-0.4, -0.2) is 33.2 Å². The second-order valence-electron chi connectivity index (χ2n) is 3.17. The van der Waals surface area contributed by atoms with Crippen LogP contribution < -0.4 is 4.74 Å². The van der Waals surface area contributed by atoms with E-state index in [4.69, 9.17) is 9.84 Å². The van der Waals surface area contributed by atoms with Crippen LogP contribution in [0, 0.1) is 0 Å². The number of carbonyl (C=O) groups is 1. The van der Waals surface area contributed by atoms with E-state index in [1.165, 1.54) is 10.9 Å². The lowest BCUT2D eigenvalue weighted by Crippen LogP contribution is -1.96. The van der Waals surface area contributed by atoms with Crippen LogP contribution in [0.3, 0.4) is 0 Å². The van der Waals surface area contributed by atoms with Gasteiger partial charge >= 0.3 is 5.97 Å². The van der Waals surface area contributed by atoms with Crippen molar-refractivity contribution in [2.24, 2.45) is 0 Å². The molecule has 7 heteroatoms. The van der Waals surface area contributed by atoms with E-state index < -0.39 is 5.97 Å². The van der Waals surface area contributed by atoms with Gasteiger partial charge in [-0.05, 0) is 28.1 Å². The third kappa shape index (κ3) is 2.28. The molecule has 0 fully saturated rings. The molecule has 2 rings (SSSR count). The molecule has 88 valence electrons. The molecule has 0 saturated heterocycles. The van der Waals surface area contributed by atoms with Gasteiger partial charge in [0.15, 0.2) is 5.69 Å². The quantitative estimate of drug-likeness (QED) is 0.934. The van der Waals surface area contributed by atoms with Crippen LogP contribution in [0.5, 0.6) is 5.75 Å². The number of ether oxygens (including phenoxy) is 1. The van der Waals surface area contributed by atoms with Gasteiger partial charge < -0.3 is 9.84 Å². The molecule has 0 aliphatic heterocycles. The maximum Gasteiger partial charge on any atom is 0.358 e. The van der Waals surface area contributed by atoms with Crippen LogP contribution in [0.25, 0.3) is 5.69 Å². The number of aromatic carboxylic acids is 1. The molecule has 0 radical (unpaired) electrons. The molecule has 0 saturated carbocycles. The average Bonchev–Trinajstić information content (AvgIpc) is 2.79. The molecule has 0 bridgehead atoms.